The molecule has 4 aromatic rings. The van der Waals surface area contributed by atoms with Gasteiger partial charge in [0.25, 0.3) is 0 Å². The molecule has 230 valence electrons. The lowest BCUT2D eigenvalue weighted by Gasteiger charge is -2.40. The number of hydrogen-bond donors (Lipinski definition) is 3. The van der Waals surface area contributed by atoms with Crippen molar-refractivity contribution in [2.24, 2.45) is 5.73 Å². The van der Waals surface area contributed by atoms with Gasteiger partial charge in [0.05, 0.1) is 32.9 Å². The minimum absolute atomic E-state index is 0.00321. The van der Waals surface area contributed by atoms with Gasteiger partial charge in [-0.1, -0.05) is 84.9 Å². The maximum atomic E-state index is 13.8. The summed E-state index contributed by atoms with van der Waals surface area (Å²) in [7, 11) is 3.15. The topological polar surface area (TPSA) is 129 Å². The molecule has 0 aliphatic heterocycles. The molecule has 4 N–H and O–H groups in total. The molecule has 0 aliphatic rings. The number of ketones is 1. The number of amides is 1. The number of nitrogens with two attached hydrogens (primary N) is 1. The molecule has 3 atom stereocenters. The van der Waals surface area contributed by atoms with Crippen molar-refractivity contribution in [2.45, 2.75) is 37.3 Å². The molecule has 4 aromatic carbocycles. The molecule has 44 heavy (non-hydrogen) atoms. The Morgan fingerprint density at radius 2 is 1.25 bits per heavy atom. The quantitative estimate of drug-likeness (QED) is 0.180. The number of aliphatic hydroxyl groups is 1. The van der Waals surface area contributed by atoms with E-state index in [0.29, 0.717) is 28.2 Å². The third kappa shape index (κ3) is 7.44. The van der Waals surface area contributed by atoms with Crippen LogP contribution in [0.4, 0.5) is 4.79 Å². The molecule has 9 nitrogen and oxygen atoms in total. The lowest BCUT2D eigenvalue weighted by molar-refractivity contribution is -0.143. The van der Waals surface area contributed by atoms with E-state index in [2.05, 4.69) is 5.32 Å². The van der Waals surface area contributed by atoms with E-state index in [4.69, 9.17) is 24.7 Å². The second kappa shape index (κ2) is 15.2. The number of benzene rings is 4. The predicted octanol–water partition coefficient (Wildman–Crippen LogP) is 4.58. The lowest BCUT2D eigenvalue weighted by atomic mass is 9.79. The SMILES string of the molecule is COc1ccc(C(O[C@H](C(=O)[C@H](C)N)[C@@H](CO)NC(=O)OCc2ccccc2)(c2ccccc2)c2ccc(OC)cc2)cc1. The van der Waals surface area contributed by atoms with Crippen LogP contribution in [0.5, 0.6) is 11.5 Å². The van der Waals surface area contributed by atoms with Crippen molar-refractivity contribution in [1.82, 2.24) is 5.32 Å². The third-order valence-corrected chi connectivity index (χ3v) is 7.28. The van der Waals surface area contributed by atoms with Crippen LogP contribution in [-0.4, -0.2) is 56.0 Å². The summed E-state index contributed by atoms with van der Waals surface area (Å²) in [4.78, 5) is 26.7. The van der Waals surface area contributed by atoms with Crippen LogP contribution in [0.3, 0.4) is 0 Å². The van der Waals surface area contributed by atoms with E-state index in [1.165, 1.54) is 6.92 Å². The molecule has 9 heteroatoms. The van der Waals surface area contributed by atoms with Gasteiger partial charge in [0.15, 0.2) is 5.78 Å². The summed E-state index contributed by atoms with van der Waals surface area (Å²) < 4.78 is 23.2. The van der Waals surface area contributed by atoms with Crippen molar-refractivity contribution in [2.75, 3.05) is 20.8 Å². The zero-order chi connectivity index (χ0) is 31.5. The molecule has 0 bridgehead atoms. The van der Waals surface area contributed by atoms with E-state index in [1.807, 2.05) is 84.9 Å². The zero-order valence-corrected chi connectivity index (χ0v) is 25.0. The highest BCUT2D eigenvalue weighted by Crippen LogP contribution is 2.43. The number of carbonyl (C=O) groups is 2. The molecule has 1 amide bonds. The molecular weight excluding hydrogens is 560 g/mol. The molecule has 0 saturated heterocycles. The third-order valence-electron chi connectivity index (χ3n) is 7.28. The number of hydrogen-bond acceptors (Lipinski definition) is 8. The fraction of sp³-hybridized carbons (Fsp3) is 0.257. The summed E-state index contributed by atoms with van der Waals surface area (Å²) >= 11 is 0. The van der Waals surface area contributed by atoms with E-state index >= 15 is 0 Å². The van der Waals surface area contributed by atoms with Crippen molar-refractivity contribution in [3.05, 3.63) is 131 Å². The standard InChI is InChI=1S/C35H38N2O7/c1-24(36)32(39)33(31(22-38)37-34(40)43-23-25-10-6-4-7-11-25)44-35(26-12-8-5-9-13-26,27-14-18-29(41-2)19-15-27)28-16-20-30(42-3)21-17-28/h4-21,24,31,33,38H,22-23,36H2,1-3H3,(H,37,40)/t24-,31+,33-/m0/s1. The van der Waals surface area contributed by atoms with Crippen LogP contribution in [-0.2, 0) is 26.5 Å². The highest BCUT2D eigenvalue weighted by Gasteiger charge is 2.45. The van der Waals surface area contributed by atoms with E-state index < -0.39 is 42.3 Å². The minimum Gasteiger partial charge on any atom is -0.497 e. The average Bonchev–Trinajstić information content (AvgIpc) is 3.08. The van der Waals surface area contributed by atoms with Gasteiger partial charge in [-0.2, -0.15) is 0 Å². The first kappa shape index (κ1) is 32.2. The maximum absolute atomic E-state index is 13.8. The first-order valence-electron chi connectivity index (χ1n) is 14.2. The summed E-state index contributed by atoms with van der Waals surface area (Å²) in [5.74, 6) is 0.740. The number of carbonyl (C=O) groups excluding carboxylic acids is 2. The minimum atomic E-state index is -1.40. The van der Waals surface area contributed by atoms with Crippen molar-refractivity contribution in [1.29, 1.82) is 0 Å². The zero-order valence-electron chi connectivity index (χ0n) is 25.0. The smallest absolute Gasteiger partial charge is 0.407 e. The number of Topliss-reactive ketones (excluding diaryl/α,β-unsaturated/α-hetero) is 1. The van der Waals surface area contributed by atoms with Crippen LogP contribution in [0.15, 0.2) is 109 Å². The van der Waals surface area contributed by atoms with Gasteiger partial charge in [0, 0.05) is 0 Å². The van der Waals surface area contributed by atoms with Crippen LogP contribution in [0.25, 0.3) is 0 Å². The van der Waals surface area contributed by atoms with Crippen molar-refractivity contribution in [3.63, 3.8) is 0 Å². The molecular formula is C35H38N2O7. The number of methoxy groups -OCH3 is 2. The Bertz CT molecular complexity index is 1430. The maximum Gasteiger partial charge on any atom is 0.407 e. The predicted molar refractivity (Wildman–Crippen MR) is 166 cm³/mol. The van der Waals surface area contributed by atoms with Gasteiger partial charge in [-0.15, -0.1) is 0 Å². The Labute approximate surface area is 257 Å². The molecule has 0 heterocycles. The van der Waals surface area contributed by atoms with Gasteiger partial charge in [-0.25, -0.2) is 4.79 Å². The normalized spacial score (nSPS) is 13.3. The monoisotopic (exact) mass is 598 g/mol. The fourth-order valence-electron chi connectivity index (χ4n) is 4.95. The van der Waals surface area contributed by atoms with Gasteiger partial charge in [-0.05, 0) is 53.4 Å². The highest BCUT2D eigenvalue weighted by atomic mass is 16.6. The number of ether oxygens (including phenoxy) is 4. The summed E-state index contributed by atoms with van der Waals surface area (Å²) in [5, 5.41) is 13.2. The molecule has 0 spiro atoms. The van der Waals surface area contributed by atoms with Gasteiger partial charge in [-0.3, -0.25) is 4.79 Å². The van der Waals surface area contributed by atoms with E-state index in [-0.39, 0.29) is 6.61 Å². The van der Waals surface area contributed by atoms with E-state index in [1.54, 1.807) is 38.5 Å². The Morgan fingerprint density at radius 3 is 1.70 bits per heavy atom. The molecule has 4 rings (SSSR count). The van der Waals surface area contributed by atoms with Crippen LogP contribution in [0, 0.1) is 0 Å². The molecule has 0 unspecified atom stereocenters. The number of alkyl carbamates (subject to hydrolysis) is 1. The molecule has 0 saturated carbocycles. The first-order chi connectivity index (χ1) is 21.3. The second-order valence-electron chi connectivity index (χ2n) is 10.2. The summed E-state index contributed by atoms with van der Waals surface area (Å²) in [6.45, 7) is 0.911. The lowest BCUT2D eigenvalue weighted by Crippen LogP contribution is -2.56. The Balaban J connectivity index is 1.82. The van der Waals surface area contributed by atoms with Crippen molar-refractivity contribution >= 4 is 11.9 Å². The van der Waals surface area contributed by atoms with Crippen molar-refractivity contribution < 1.29 is 33.6 Å². The van der Waals surface area contributed by atoms with Gasteiger partial charge < -0.3 is 35.1 Å². The Morgan fingerprint density at radius 1 is 0.773 bits per heavy atom. The van der Waals surface area contributed by atoms with E-state index in [9.17, 15) is 14.7 Å². The fourth-order valence-corrected chi connectivity index (χ4v) is 4.95. The van der Waals surface area contributed by atoms with Gasteiger partial charge in [0.2, 0.25) is 0 Å². The summed E-state index contributed by atoms with van der Waals surface area (Å²) in [6.07, 6.45) is -2.22. The summed E-state index contributed by atoms with van der Waals surface area (Å²) in [5.41, 5.74) is 7.52. The average molecular weight is 599 g/mol. The van der Waals surface area contributed by atoms with E-state index in [0.717, 1.165) is 5.56 Å². The molecule has 0 fully saturated rings. The van der Waals surface area contributed by atoms with Crippen LogP contribution < -0.4 is 20.5 Å². The number of rotatable bonds is 14. The molecule has 0 aromatic heterocycles. The molecule has 0 radical (unpaired) electrons. The Hall–Kier alpha value is -4.70. The molecule has 0 aliphatic carbocycles. The second-order valence-corrected chi connectivity index (χ2v) is 10.2. The van der Waals surface area contributed by atoms with Crippen LogP contribution >= 0.6 is 0 Å². The summed E-state index contributed by atoms with van der Waals surface area (Å²) in [6, 6.07) is 30.9. The highest BCUT2D eigenvalue weighted by molar-refractivity contribution is 5.89. The first-order valence-corrected chi connectivity index (χ1v) is 14.2. The van der Waals surface area contributed by atoms with Crippen LogP contribution in [0.2, 0.25) is 0 Å². The number of aliphatic hydroxyl groups excluding tert-OH is 1. The van der Waals surface area contributed by atoms with Crippen molar-refractivity contribution in [3.8, 4) is 11.5 Å². The number of nitrogens with one attached hydrogen (secondary N) is 1. The Kier molecular flexibility index (Phi) is 11.1. The largest absolute Gasteiger partial charge is 0.497 e. The van der Waals surface area contributed by atoms with Crippen LogP contribution in [0.1, 0.15) is 29.2 Å². The van der Waals surface area contributed by atoms with Gasteiger partial charge >= 0.3 is 6.09 Å². The van der Waals surface area contributed by atoms with Gasteiger partial charge in [0.1, 0.15) is 29.8 Å².